The molecule has 0 atom stereocenters. The van der Waals surface area contributed by atoms with Crippen molar-refractivity contribution in [1.82, 2.24) is 9.73 Å². The van der Waals surface area contributed by atoms with Crippen molar-refractivity contribution in [2.24, 2.45) is 5.10 Å². The quantitative estimate of drug-likeness (QED) is 0.405. The number of nitrogens with one attached hydrogen (secondary N) is 1. The van der Waals surface area contributed by atoms with E-state index in [9.17, 15) is 13.2 Å². The molecular weight excluding hydrogens is 462 g/mol. The van der Waals surface area contributed by atoms with Gasteiger partial charge in [-0.3, -0.25) is 4.79 Å². The van der Waals surface area contributed by atoms with E-state index < -0.39 is 22.5 Å². The van der Waals surface area contributed by atoms with Gasteiger partial charge in [0.15, 0.2) is 11.5 Å². The number of carbonyl (C=O) groups is 1. The Morgan fingerprint density at radius 3 is 2.22 bits per heavy atom. The lowest BCUT2D eigenvalue weighted by atomic mass is 10.2. The Kier molecular flexibility index (Phi) is 8.70. The minimum absolute atomic E-state index is 0.0721. The normalized spacial score (nSPS) is 11.5. The topological polar surface area (TPSA) is 116 Å². The van der Waals surface area contributed by atoms with Crippen molar-refractivity contribution in [2.75, 3.05) is 42.0 Å². The smallest absolute Gasteiger partial charge is 0.255 e. The van der Waals surface area contributed by atoms with Crippen molar-refractivity contribution in [3.05, 3.63) is 40.9 Å². The van der Waals surface area contributed by atoms with E-state index >= 15 is 0 Å². The molecule has 0 heterocycles. The summed E-state index contributed by atoms with van der Waals surface area (Å²) in [5.41, 5.74) is 2.80. The SMILES string of the molecule is COc1ccc(S(=O)(=O)N(C)CC(=O)N/N=C/c2ccc(OC)c(OC)c2OC)cc1Cl. The predicted octanol–water partition coefficient (Wildman–Crippen LogP) is 2.15. The van der Waals surface area contributed by atoms with Gasteiger partial charge in [-0.05, 0) is 30.3 Å². The van der Waals surface area contributed by atoms with Gasteiger partial charge >= 0.3 is 0 Å². The number of nitrogens with zero attached hydrogens (tertiary/aromatic N) is 2. The van der Waals surface area contributed by atoms with Crippen LogP contribution in [0.5, 0.6) is 23.0 Å². The van der Waals surface area contributed by atoms with Gasteiger partial charge in [-0.25, -0.2) is 13.8 Å². The van der Waals surface area contributed by atoms with Crippen LogP contribution in [0.1, 0.15) is 5.56 Å². The van der Waals surface area contributed by atoms with Crippen LogP contribution in [0.2, 0.25) is 5.02 Å². The second kappa shape index (κ2) is 11.0. The van der Waals surface area contributed by atoms with Crippen LogP contribution in [-0.4, -0.2) is 66.9 Å². The summed E-state index contributed by atoms with van der Waals surface area (Å²) in [5, 5.41) is 4.00. The Labute approximate surface area is 191 Å². The third kappa shape index (κ3) is 5.61. The molecule has 174 valence electrons. The molecule has 0 aromatic heterocycles. The second-order valence-electron chi connectivity index (χ2n) is 6.27. The van der Waals surface area contributed by atoms with Crippen LogP contribution >= 0.6 is 11.6 Å². The van der Waals surface area contributed by atoms with Gasteiger partial charge in [0.25, 0.3) is 5.91 Å². The minimum Gasteiger partial charge on any atom is -0.495 e. The third-order valence-electron chi connectivity index (χ3n) is 4.33. The zero-order valence-corrected chi connectivity index (χ0v) is 19.8. The van der Waals surface area contributed by atoms with Crippen LogP contribution in [0.3, 0.4) is 0 Å². The van der Waals surface area contributed by atoms with Crippen molar-refractivity contribution in [2.45, 2.75) is 4.90 Å². The molecule has 0 saturated heterocycles. The molecule has 2 aromatic rings. The van der Waals surface area contributed by atoms with Crippen LogP contribution in [0, 0.1) is 0 Å². The van der Waals surface area contributed by atoms with Crippen molar-refractivity contribution >= 4 is 33.7 Å². The number of methoxy groups -OCH3 is 4. The average Bonchev–Trinajstić information content (AvgIpc) is 2.78. The zero-order valence-electron chi connectivity index (χ0n) is 18.2. The largest absolute Gasteiger partial charge is 0.495 e. The fourth-order valence-corrected chi connectivity index (χ4v) is 4.19. The fraction of sp³-hybridized carbons (Fsp3) is 0.300. The summed E-state index contributed by atoms with van der Waals surface area (Å²) in [4.78, 5) is 12.1. The number of hydrogen-bond acceptors (Lipinski definition) is 8. The molecule has 0 fully saturated rings. The Hall–Kier alpha value is -3.02. The van der Waals surface area contributed by atoms with Crippen molar-refractivity contribution in [1.29, 1.82) is 0 Å². The Balaban J connectivity index is 2.09. The van der Waals surface area contributed by atoms with Gasteiger partial charge in [-0.1, -0.05) is 11.6 Å². The molecule has 0 saturated carbocycles. The maximum absolute atomic E-state index is 12.7. The predicted molar refractivity (Wildman–Crippen MR) is 120 cm³/mol. The maximum Gasteiger partial charge on any atom is 0.255 e. The number of hydrogen-bond donors (Lipinski definition) is 1. The molecule has 1 amide bonds. The van der Waals surface area contributed by atoms with Crippen LogP contribution in [0.4, 0.5) is 0 Å². The van der Waals surface area contributed by atoms with Gasteiger partial charge in [0.1, 0.15) is 5.75 Å². The molecule has 0 radical (unpaired) electrons. The molecule has 0 bridgehead atoms. The summed E-state index contributed by atoms with van der Waals surface area (Å²) in [6.07, 6.45) is 1.34. The molecule has 0 unspecified atom stereocenters. The number of amides is 1. The summed E-state index contributed by atoms with van der Waals surface area (Å²) < 4.78 is 47.1. The molecule has 1 N–H and O–H groups in total. The van der Waals surface area contributed by atoms with E-state index in [1.807, 2.05) is 0 Å². The highest BCUT2D eigenvalue weighted by Gasteiger charge is 2.24. The number of hydrazone groups is 1. The molecule has 0 spiro atoms. The Bertz CT molecular complexity index is 1110. The molecule has 10 nitrogen and oxygen atoms in total. The Morgan fingerprint density at radius 2 is 1.66 bits per heavy atom. The van der Waals surface area contributed by atoms with E-state index in [1.54, 1.807) is 12.1 Å². The molecule has 0 aliphatic rings. The number of carbonyl (C=O) groups excluding carboxylic acids is 1. The van der Waals surface area contributed by atoms with E-state index in [1.165, 1.54) is 59.9 Å². The van der Waals surface area contributed by atoms with Crippen LogP contribution in [0.15, 0.2) is 40.3 Å². The number of benzene rings is 2. The zero-order chi connectivity index (χ0) is 23.9. The fourth-order valence-electron chi connectivity index (χ4n) is 2.71. The second-order valence-corrected chi connectivity index (χ2v) is 8.73. The number of likely N-dealkylation sites (N-methyl/N-ethyl adjacent to an activating group) is 1. The van der Waals surface area contributed by atoms with Crippen molar-refractivity contribution in [3.8, 4) is 23.0 Å². The van der Waals surface area contributed by atoms with Gasteiger partial charge < -0.3 is 18.9 Å². The number of ether oxygens (including phenoxy) is 4. The number of sulfonamides is 1. The van der Waals surface area contributed by atoms with E-state index in [0.717, 1.165) is 4.31 Å². The standard InChI is InChI=1S/C20H24ClN3O7S/c1-24(32(26,27)14-7-9-16(28-2)15(21)10-14)12-18(25)23-22-11-13-6-8-17(29-3)20(31-5)19(13)30-4/h6-11H,12H2,1-5H3,(H,23,25)/b22-11+. The minimum atomic E-state index is -3.96. The third-order valence-corrected chi connectivity index (χ3v) is 6.42. The van der Waals surface area contributed by atoms with Crippen LogP contribution in [0.25, 0.3) is 0 Å². The van der Waals surface area contributed by atoms with Gasteiger partial charge in [0, 0.05) is 12.6 Å². The molecule has 0 aliphatic carbocycles. The van der Waals surface area contributed by atoms with Crippen molar-refractivity contribution < 1.29 is 32.2 Å². The van der Waals surface area contributed by atoms with Gasteiger partial charge in [0.05, 0.1) is 51.1 Å². The average molecular weight is 486 g/mol. The van der Waals surface area contributed by atoms with Crippen molar-refractivity contribution in [3.63, 3.8) is 0 Å². The lowest BCUT2D eigenvalue weighted by Crippen LogP contribution is -2.36. The van der Waals surface area contributed by atoms with Gasteiger partial charge in [0.2, 0.25) is 15.8 Å². The summed E-state index contributed by atoms with van der Waals surface area (Å²) in [7, 11) is 3.16. The van der Waals surface area contributed by atoms with E-state index in [-0.39, 0.29) is 9.92 Å². The Morgan fingerprint density at radius 1 is 1.03 bits per heavy atom. The highest BCUT2D eigenvalue weighted by molar-refractivity contribution is 7.89. The van der Waals surface area contributed by atoms with E-state index in [2.05, 4.69) is 10.5 Å². The first kappa shape index (κ1) is 25.2. The molecular formula is C20H24ClN3O7S. The molecule has 2 aromatic carbocycles. The number of halogens is 1. The lowest BCUT2D eigenvalue weighted by Gasteiger charge is -2.17. The summed E-state index contributed by atoms with van der Waals surface area (Å²) in [6.45, 7) is -0.466. The summed E-state index contributed by atoms with van der Waals surface area (Å²) >= 11 is 6.00. The monoisotopic (exact) mass is 485 g/mol. The molecule has 32 heavy (non-hydrogen) atoms. The summed E-state index contributed by atoms with van der Waals surface area (Å²) in [5.74, 6) is 0.892. The molecule has 2 rings (SSSR count). The first-order valence-corrected chi connectivity index (χ1v) is 10.9. The lowest BCUT2D eigenvalue weighted by molar-refractivity contribution is -0.121. The summed E-state index contributed by atoms with van der Waals surface area (Å²) in [6, 6.07) is 7.36. The van der Waals surface area contributed by atoms with Crippen LogP contribution < -0.4 is 24.4 Å². The first-order chi connectivity index (χ1) is 15.2. The highest BCUT2D eigenvalue weighted by atomic mass is 35.5. The number of rotatable bonds is 10. The molecule has 0 aliphatic heterocycles. The highest BCUT2D eigenvalue weighted by Crippen LogP contribution is 2.39. The van der Waals surface area contributed by atoms with Gasteiger partial charge in [-0.2, -0.15) is 9.41 Å². The van der Waals surface area contributed by atoms with E-state index in [0.29, 0.717) is 28.6 Å². The van der Waals surface area contributed by atoms with Gasteiger partial charge in [-0.15, -0.1) is 0 Å². The maximum atomic E-state index is 12.7. The molecule has 12 heteroatoms. The first-order valence-electron chi connectivity index (χ1n) is 9.10. The van der Waals surface area contributed by atoms with E-state index in [4.69, 9.17) is 30.5 Å². The van der Waals surface area contributed by atoms with Crippen LogP contribution in [-0.2, 0) is 14.8 Å².